The summed E-state index contributed by atoms with van der Waals surface area (Å²) in [6.45, 7) is 5.61. The number of carbonyl (C=O) groups is 2. The van der Waals surface area contributed by atoms with E-state index in [1.54, 1.807) is 35.6 Å². The van der Waals surface area contributed by atoms with Crippen molar-refractivity contribution < 1.29 is 14.3 Å². The highest BCUT2D eigenvalue weighted by atomic mass is 32.1. The van der Waals surface area contributed by atoms with Crippen molar-refractivity contribution in [3.05, 3.63) is 42.5 Å². The van der Waals surface area contributed by atoms with Crippen LogP contribution in [0.3, 0.4) is 0 Å². The third-order valence-electron chi connectivity index (χ3n) is 5.20. The van der Waals surface area contributed by atoms with Gasteiger partial charge in [-0.25, -0.2) is 4.98 Å². The number of ether oxygens (including phenoxy) is 1. The van der Waals surface area contributed by atoms with Crippen LogP contribution >= 0.6 is 11.3 Å². The van der Waals surface area contributed by atoms with Crippen LogP contribution in [-0.2, 0) is 9.59 Å². The van der Waals surface area contributed by atoms with E-state index in [-0.39, 0.29) is 17.7 Å². The maximum Gasteiger partial charge on any atom is 0.229 e. The molecule has 0 spiro atoms. The van der Waals surface area contributed by atoms with Crippen LogP contribution in [0.15, 0.2) is 42.5 Å². The molecule has 1 aromatic heterocycles. The highest BCUT2D eigenvalue weighted by Gasteiger charge is 2.27. The average molecular weight is 439 g/mol. The van der Waals surface area contributed by atoms with Crippen molar-refractivity contribution in [2.24, 2.45) is 5.92 Å². The van der Waals surface area contributed by atoms with Crippen molar-refractivity contribution in [3.8, 4) is 5.75 Å². The van der Waals surface area contributed by atoms with Gasteiger partial charge < -0.3 is 20.3 Å². The molecule has 7 nitrogen and oxygen atoms in total. The monoisotopic (exact) mass is 438 g/mol. The first-order valence-electron chi connectivity index (χ1n) is 10.5. The molecule has 2 N–H and O–H groups in total. The summed E-state index contributed by atoms with van der Waals surface area (Å²) in [5.74, 6) is 0.639. The molecule has 0 saturated carbocycles. The molecule has 3 aromatic rings. The minimum Gasteiger partial charge on any atom is -0.494 e. The van der Waals surface area contributed by atoms with E-state index in [9.17, 15) is 9.59 Å². The molecule has 1 atom stereocenters. The third kappa shape index (κ3) is 5.14. The number of piperidine rings is 1. The smallest absolute Gasteiger partial charge is 0.229 e. The molecule has 2 heterocycles. The Balaban J connectivity index is 1.41. The van der Waals surface area contributed by atoms with Gasteiger partial charge in [-0.05, 0) is 62.2 Å². The minimum atomic E-state index is -0.122. The second kappa shape index (κ2) is 9.34. The normalized spacial score (nSPS) is 16.2. The lowest BCUT2D eigenvalue weighted by Crippen LogP contribution is -2.40. The van der Waals surface area contributed by atoms with E-state index in [0.717, 1.165) is 46.2 Å². The molecule has 1 aliphatic heterocycles. The first-order chi connectivity index (χ1) is 15.0. The van der Waals surface area contributed by atoms with Crippen molar-refractivity contribution in [1.29, 1.82) is 0 Å². The van der Waals surface area contributed by atoms with E-state index >= 15 is 0 Å². The molecule has 0 bridgehead atoms. The summed E-state index contributed by atoms with van der Waals surface area (Å²) < 4.78 is 6.68. The molecular formula is C23H26N4O3S. The van der Waals surface area contributed by atoms with Crippen molar-refractivity contribution >= 4 is 49.9 Å². The Hall–Kier alpha value is -3.13. The van der Waals surface area contributed by atoms with E-state index < -0.39 is 0 Å². The second-order valence-corrected chi connectivity index (χ2v) is 8.60. The number of fused-ring (bicyclic) bond motifs is 1. The lowest BCUT2D eigenvalue weighted by molar-refractivity contribution is -0.120. The fourth-order valence-corrected chi connectivity index (χ4v) is 4.76. The average Bonchev–Trinajstić information content (AvgIpc) is 3.19. The number of hydrogen-bond donors (Lipinski definition) is 2. The van der Waals surface area contributed by atoms with Gasteiger partial charge in [0.05, 0.1) is 22.7 Å². The van der Waals surface area contributed by atoms with Crippen molar-refractivity contribution in [2.45, 2.75) is 26.7 Å². The second-order valence-electron chi connectivity index (χ2n) is 7.59. The molecule has 8 heteroatoms. The van der Waals surface area contributed by atoms with Crippen LogP contribution in [0.4, 0.5) is 16.5 Å². The van der Waals surface area contributed by atoms with Crippen LogP contribution < -0.4 is 20.3 Å². The lowest BCUT2D eigenvalue weighted by atomic mass is 9.97. The predicted octanol–water partition coefficient (Wildman–Crippen LogP) is 4.51. The highest BCUT2D eigenvalue weighted by molar-refractivity contribution is 7.22. The van der Waals surface area contributed by atoms with Gasteiger partial charge in [0.15, 0.2) is 5.13 Å². The van der Waals surface area contributed by atoms with Crippen LogP contribution in [0.25, 0.3) is 10.2 Å². The number of aromatic nitrogens is 1. The summed E-state index contributed by atoms with van der Waals surface area (Å²) in [6, 6.07) is 13.1. The van der Waals surface area contributed by atoms with Crippen molar-refractivity contribution in [3.63, 3.8) is 0 Å². The predicted molar refractivity (Wildman–Crippen MR) is 125 cm³/mol. The molecule has 1 aliphatic rings. The zero-order valence-electron chi connectivity index (χ0n) is 17.7. The molecule has 2 amide bonds. The minimum absolute atomic E-state index is 0.0109. The van der Waals surface area contributed by atoms with Crippen LogP contribution in [0.1, 0.15) is 26.7 Å². The van der Waals surface area contributed by atoms with Gasteiger partial charge in [-0.3, -0.25) is 9.59 Å². The molecule has 31 heavy (non-hydrogen) atoms. The number of hydrogen-bond acceptors (Lipinski definition) is 6. The first kappa shape index (κ1) is 21.1. The van der Waals surface area contributed by atoms with Crippen molar-refractivity contribution in [2.75, 3.05) is 35.2 Å². The zero-order valence-corrected chi connectivity index (χ0v) is 18.5. The first-order valence-corrected chi connectivity index (χ1v) is 11.3. The Morgan fingerprint density at radius 2 is 1.90 bits per heavy atom. The quantitative estimate of drug-likeness (QED) is 0.592. The van der Waals surface area contributed by atoms with Crippen LogP contribution in [0.5, 0.6) is 5.75 Å². The Morgan fingerprint density at radius 3 is 2.61 bits per heavy atom. The standard InChI is InChI=1S/C23H26N4O3S/c1-3-30-19-10-11-20-21(13-19)31-23(26-20)27-12-4-5-16(14-27)22(29)25-18-8-6-17(7-9-18)24-15(2)28/h6-11,13,16H,3-5,12,14H2,1-2H3,(H,24,28)(H,25,29). The van der Waals surface area contributed by atoms with Gasteiger partial charge in [0.25, 0.3) is 0 Å². The Labute approximate surface area is 185 Å². The molecule has 0 radical (unpaired) electrons. The number of carbonyl (C=O) groups excluding carboxylic acids is 2. The molecule has 1 fully saturated rings. The van der Waals surface area contributed by atoms with Gasteiger partial charge in [-0.1, -0.05) is 11.3 Å². The van der Waals surface area contributed by atoms with Gasteiger partial charge >= 0.3 is 0 Å². The Morgan fingerprint density at radius 1 is 1.16 bits per heavy atom. The number of rotatable bonds is 6. The number of nitrogens with zero attached hydrogens (tertiary/aromatic N) is 2. The van der Waals surface area contributed by atoms with E-state index in [0.29, 0.717) is 18.8 Å². The molecule has 162 valence electrons. The van der Waals surface area contributed by atoms with E-state index in [2.05, 4.69) is 15.5 Å². The summed E-state index contributed by atoms with van der Waals surface area (Å²) in [5.41, 5.74) is 2.38. The Bertz CT molecular complexity index is 1080. The molecular weight excluding hydrogens is 412 g/mol. The summed E-state index contributed by atoms with van der Waals surface area (Å²) in [6.07, 6.45) is 1.80. The maximum atomic E-state index is 12.9. The fourth-order valence-electron chi connectivity index (χ4n) is 3.73. The van der Waals surface area contributed by atoms with Gasteiger partial charge in [-0.15, -0.1) is 0 Å². The van der Waals surface area contributed by atoms with Crippen molar-refractivity contribution in [1.82, 2.24) is 4.98 Å². The van der Waals surface area contributed by atoms with Gasteiger partial charge in [0, 0.05) is 31.4 Å². The zero-order chi connectivity index (χ0) is 21.8. The van der Waals surface area contributed by atoms with E-state index in [1.165, 1.54) is 6.92 Å². The van der Waals surface area contributed by atoms with Crippen LogP contribution in [0, 0.1) is 5.92 Å². The topological polar surface area (TPSA) is 83.6 Å². The van der Waals surface area contributed by atoms with Gasteiger partial charge in [0.1, 0.15) is 5.75 Å². The number of thiazole rings is 1. The number of anilines is 3. The molecule has 2 aromatic carbocycles. The molecule has 1 saturated heterocycles. The van der Waals surface area contributed by atoms with Gasteiger partial charge in [-0.2, -0.15) is 0 Å². The summed E-state index contributed by atoms with van der Waals surface area (Å²) in [5, 5.41) is 6.67. The molecule has 4 rings (SSSR count). The summed E-state index contributed by atoms with van der Waals surface area (Å²) in [4.78, 5) is 31.0. The SMILES string of the molecule is CCOc1ccc2nc(N3CCCC(C(=O)Nc4ccc(NC(C)=O)cc4)C3)sc2c1. The third-order valence-corrected chi connectivity index (χ3v) is 6.27. The fraction of sp³-hybridized carbons (Fsp3) is 0.348. The lowest BCUT2D eigenvalue weighted by Gasteiger charge is -2.31. The van der Waals surface area contributed by atoms with Crippen LogP contribution in [0.2, 0.25) is 0 Å². The largest absolute Gasteiger partial charge is 0.494 e. The highest BCUT2D eigenvalue weighted by Crippen LogP contribution is 2.33. The summed E-state index contributed by atoms with van der Waals surface area (Å²) >= 11 is 1.64. The van der Waals surface area contributed by atoms with Crippen LogP contribution in [-0.4, -0.2) is 36.5 Å². The number of nitrogens with one attached hydrogen (secondary N) is 2. The molecule has 0 aliphatic carbocycles. The number of benzene rings is 2. The molecule has 1 unspecified atom stereocenters. The summed E-state index contributed by atoms with van der Waals surface area (Å²) in [7, 11) is 0. The Kier molecular flexibility index (Phi) is 6.36. The van der Waals surface area contributed by atoms with E-state index in [4.69, 9.17) is 9.72 Å². The number of amides is 2. The maximum absolute atomic E-state index is 12.9. The van der Waals surface area contributed by atoms with E-state index in [1.807, 2.05) is 25.1 Å². The van der Waals surface area contributed by atoms with Gasteiger partial charge in [0.2, 0.25) is 11.8 Å².